The van der Waals surface area contributed by atoms with Crippen LogP contribution in [0.1, 0.15) is 0 Å². The van der Waals surface area contributed by atoms with Gasteiger partial charge in [-0.3, -0.25) is 0 Å². The van der Waals surface area contributed by atoms with Crippen LogP contribution in [-0.4, -0.2) is 19.5 Å². The molecule has 0 aliphatic heterocycles. The van der Waals surface area contributed by atoms with Gasteiger partial charge in [-0.2, -0.15) is 0 Å². The van der Waals surface area contributed by atoms with Crippen molar-refractivity contribution in [2.75, 3.05) is 0 Å². The maximum Gasteiger partial charge on any atom is 0.164 e. The highest BCUT2D eigenvalue weighted by molar-refractivity contribution is 7.25. The highest BCUT2D eigenvalue weighted by Crippen LogP contribution is 2.38. The van der Waals surface area contributed by atoms with E-state index >= 15 is 0 Å². The minimum absolute atomic E-state index is 0.639. The summed E-state index contributed by atoms with van der Waals surface area (Å²) in [7, 11) is 0. The van der Waals surface area contributed by atoms with E-state index in [2.05, 4.69) is 168 Å². The summed E-state index contributed by atoms with van der Waals surface area (Å²) in [6.07, 6.45) is 0. The van der Waals surface area contributed by atoms with E-state index in [1.54, 1.807) is 11.3 Å². The quantitative estimate of drug-likeness (QED) is 0.185. The molecule has 4 nitrogen and oxygen atoms in total. The Hall–Kier alpha value is -6.43. The first-order valence-corrected chi connectivity index (χ1v) is 17.5. The second-order valence-corrected chi connectivity index (χ2v) is 13.6. The van der Waals surface area contributed by atoms with E-state index in [0.29, 0.717) is 17.5 Å². The van der Waals surface area contributed by atoms with Gasteiger partial charge in [-0.15, -0.1) is 11.3 Å². The molecule has 50 heavy (non-hydrogen) atoms. The summed E-state index contributed by atoms with van der Waals surface area (Å²) in [5, 5.41) is 4.93. The van der Waals surface area contributed by atoms with Crippen LogP contribution >= 0.6 is 11.3 Å². The van der Waals surface area contributed by atoms with E-state index in [0.717, 1.165) is 39.0 Å². The number of benzene rings is 7. The van der Waals surface area contributed by atoms with Crippen LogP contribution in [0.2, 0.25) is 0 Å². The molecule has 0 aliphatic carbocycles. The number of para-hydroxylation sites is 2. The Balaban J connectivity index is 1.17. The smallest absolute Gasteiger partial charge is 0.164 e. The molecule has 10 aromatic rings. The summed E-state index contributed by atoms with van der Waals surface area (Å²) >= 11 is 1.80. The normalized spacial score (nSPS) is 11.6. The van der Waals surface area contributed by atoms with Gasteiger partial charge in [-0.1, -0.05) is 133 Å². The lowest BCUT2D eigenvalue weighted by Crippen LogP contribution is -2.00. The largest absolute Gasteiger partial charge is 0.309 e. The fourth-order valence-corrected chi connectivity index (χ4v) is 8.18. The molecule has 0 amide bonds. The highest BCUT2D eigenvalue weighted by Gasteiger charge is 2.17. The van der Waals surface area contributed by atoms with Gasteiger partial charge in [0.15, 0.2) is 17.5 Å². The summed E-state index contributed by atoms with van der Waals surface area (Å²) in [6.45, 7) is 0. The second kappa shape index (κ2) is 11.6. The summed E-state index contributed by atoms with van der Waals surface area (Å²) < 4.78 is 4.82. The standard InChI is InChI=1S/C45H28N4S/c1-3-11-29(12-4-1)30-19-21-31(22-20-30)43-46-44(48-45(47-43)33-24-26-38-37-16-8-10-18-41(37)50-42(38)28-33)32-23-25-36-35-15-7-9-17-39(35)49(40(36)27-32)34-13-5-2-6-14-34/h1-28H. The third-order valence-electron chi connectivity index (χ3n) is 9.47. The average Bonchev–Trinajstić information content (AvgIpc) is 3.73. The predicted molar refractivity (Wildman–Crippen MR) is 209 cm³/mol. The molecule has 0 saturated carbocycles. The van der Waals surface area contributed by atoms with Crippen LogP contribution in [0.3, 0.4) is 0 Å². The van der Waals surface area contributed by atoms with Crippen molar-refractivity contribution < 1.29 is 0 Å². The zero-order chi connectivity index (χ0) is 33.0. The Bertz CT molecular complexity index is 2850. The second-order valence-electron chi connectivity index (χ2n) is 12.5. The molecular weight excluding hydrogens is 629 g/mol. The van der Waals surface area contributed by atoms with Crippen molar-refractivity contribution in [2.24, 2.45) is 0 Å². The van der Waals surface area contributed by atoms with E-state index < -0.39 is 0 Å². The minimum Gasteiger partial charge on any atom is -0.309 e. The molecule has 0 spiro atoms. The Kier molecular flexibility index (Phi) is 6.64. The maximum atomic E-state index is 5.16. The van der Waals surface area contributed by atoms with Crippen LogP contribution in [-0.2, 0) is 0 Å². The number of fused-ring (bicyclic) bond motifs is 6. The minimum atomic E-state index is 0.639. The fourth-order valence-electron chi connectivity index (χ4n) is 7.04. The molecule has 3 aromatic heterocycles. The van der Waals surface area contributed by atoms with Gasteiger partial charge in [0, 0.05) is 53.3 Å². The first-order chi connectivity index (χ1) is 24.8. The van der Waals surface area contributed by atoms with Gasteiger partial charge in [-0.25, -0.2) is 15.0 Å². The molecule has 0 N–H and O–H groups in total. The van der Waals surface area contributed by atoms with Crippen molar-refractivity contribution in [1.29, 1.82) is 0 Å². The SMILES string of the molecule is c1ccc(-c2ccc(-c3nc(-c4ccc5c(c4)sc4ccccc45)nc(-c4ccc5c6ccccc6n(-c6ccccc6)c5c4)n3)cc2)cc1. The van der Waals surface area contributed by atoms with Crippen LogP contribution < -0.4 is 0 Å². The molecule has 0 unspecified atom stereocenters. The van der Waals surface area contributed by atoms with Crippen LogP contribution in [0.5, 0.6) is 0 Å². The summed E-state index contributed by atoms with van der Waals surface area (Å²) in [5.74, 6) is 1.94. The molecule has 0 aliphatic rings. The van der Waals surface area contributed by atoms with Gasteiger partial charge in [0.25, 0.3) is 0 Å². The Labute approximate surface area is 292 Å². The number of rotatable bonds is 5. The van der Waals surface area contributed by atoms with Crippen molar-refractivity contribution in [1.82, 2.24) is 19.5 Å². The van der Waals surface area contributed by atoms with Crippen molar-refractivity contribution >= 4 is 53.3 Å². The van der Waals surface area contributed by atoms with Crippen LogP contribution in [0.15, 0.2) is 170 Å². The van der Waals surface area contributed by atoms with Gasteiger partial charge < -0.3 is 4.57 Å². The molecule has 0 bridgehead atoms. The van der Waals surface area contributed by atoms with Gasteiger partial charge in [0.1, 0.15) is 0 Å². The van der Waals surface area contributed by atoms with E-state index in [9.17, 15) is 0 Å². The van der Waals surface area contributed by atoms with E-state index in [4.69, 9.17) is 15.0 Å². The monoisotopic (exact) mass is 656 g/mol. The summed E-state index contributed by atoms with van der Waals surface area (Å²) in [4.78, 5) is 15.4. The third-order valence-corrected chi connectivity index (χ3v) is 10.6. The number of aromatic nitrogens is 4. The molecule has 5 heteroatoms. The van der Waals surface area contributed by atoms with Gasteiger partial charge in [0.2, 0.25) is 0 Å². The lowest BCUT2D eigenvalue weighted by molar-refractivity contribution is 1.07. The lowest BCUT2D eigenvalue weighted by atomic mass is 10.0. The molecule has 3 heterocycles. The zero-order valence-electron chi connectivity index (χ0n) is 26.9. The number of nitrogens with zero attached hydrogens (tertiary/aromatic N) is 4. The van der Waals surface area contributed by atoms with E-state index in [-0.39, 0.29) is 0 Å². The summed E-state index contributed by atoms with van der Waals surface area (Å²) in [5.41, 5.74) is 8.56. The number of thiophene rings is 1. The maximum absolute atomic E-state index is 5.16. The van der Waals surface area contributed by atoms with Gasteiger partial charge >= 0.3 is 0 Å². The molecule has 0 radical (unpaired) electrons. The fraction of sp³-hybridized carbons (Fsp3) is 0. The van der Waals surface area contributed by atoms with Crippen molar-refractivity contribution in [3.8, 4) is 51.0 Å². The van der Waals surface area contributed by atoms with Crippen LogP contribution in [0.25, 0.3) is 93.0 Å². The molecule has 0 atom stereocenters. The Morgan fingerprint density at radius 3 is 1.60 bits per heavy atom. The molecule has 10 rings (SSSR count). The molecule has 0 saturated heterocycles. The molecular formula is C45H28N4S. The molecule has 7 aromatic carbocycles. The lowest BCUT2D eigenvalue weighted by Gasteiger charge is -2.11. The summed E-state index contributed by atoms with van der Waals surface area (Å²) in [6, 6.07) is 59.7. The Morgan fingerprint density at radius 2 is 0.840 bits per heavy atom. The predicted octanol–water partition coefficient (Wildman–Crippen LogP) is 12.0. The number of hydrogen-bond donors (Lipinski definition) is 0. The zero-order valence-corrected chi connectivity index (χ0v) is 27.7. The topological polar surface area (TPSA) is 43.6 Å². The number of hydrogen-bond acceptors (Lipinski definition) is 4. The van der Waals surface area contributed by atoms with Crippen molar-refractivity contribution in [2.45, 2.75) is 0 Å². The van der Waals surface area contributed by atoms with Crippen molar-refractivity contribution in [3.05, 3.63) is 170 Å². The van der Waals surface area contributed by atoms with Crippen molar-refractivity contribution in [3.63, 3.8) is 0 Å². The Morgan fingerprint density at radius 1 is 0.340 bits per heavy atom. The third kappa shape index (κ3) is 4.79. The highest BCUT2D eigenvalue weighted by atomic mass is 32.1. The van der Waals surface area contributed by atoms with Gasteiger partial charge in [0.05, 0.1) is 11.0 Å². The van der Waals surface area contributed by atoms with Gasteiger partial charge in [-0.05, 0) is 47.5 Å². The average molecular weight is 657 g/mol. The van der Waals surface area contributed by atoms with Crippen LogP contribution in [0.4, 0.5) is 0 Å². The van der Waals surface area contributed by atoms with Crippen LogP contribution in [0, 0.1) is 0 Å². The first kappa shape index (κ1) is 28.6. The molecule has 234 valence electrons. The molecule has 0 fully saturated rings. The van der Waals surface area contributed by atoms with E-state index in [1.165, 1.54) is 36.5 Å². The van der Waals surface area contributed by atoms with E-state index in [1.807, 2.05) is 6.07 Å². The first-order valence-electron chi connectivity index (χ1n) is 16.7.